The van der Waals surface area contributed by atoms with Crippen LogP contribution in [0.4, 0.5) is 0 Å². The third-order valence-electron chi connectivity index (χ3n) is 15.1. The Kier molecular flexibility index (Phi) is 8.68. The van der Waals surface area contributed by atoms with Crippen LogP contribution in [0.5, 0.6) is 0 Å². The molecular weight excluding hydrogens is 1030 g/mol. The lowest BCUT2D eigenvalue weighted by molar-refractivity contribution is 0.668. The third kappa shape index (κ3) is 6.13. The highest BCUT2D eigenvalue weighted by Crippen LogP contribution is 2.43. The molecule has 0 aliphatic carbocycles. The summed E-state index contributed by atoms with van der Waals surface area (Å²) >= 11 is 7.63. The SMILES string of the molecule is Brc1ccc2c(c1)c1cc(-c3ccc4c(c3)c3cc(-c5ccc6c(c5)c5cc(Br)ccc5n6-c5ccc6oc7ccccc7c6c5)ccc3n4-c3ccccc3)ccc1n2-c1ccc2oc3ccccc3c2c1. The van der Waals surface area contributed by atoms with Crippen molar-refractivity contribution < 1.29 is 8.83 Å². The standard InChI is InChI=1S/C66H37Br2N3O2/c67-42-18-26-61-53(34-42)51-32-40(16-24-59(51)70(61)45-20-28-65-55(36-45)47-10-4-6-12-63(47)72-65)38-14-22-57-49(30-38)50-31-39(15-23-58(50)69(57)44-8-2-1-3-9-44)41-17-25-60-52(33-41)54-35-43(68)19-27-62(54)71(60)46-21-29-66-56(37-46)48-11-5-7-13-64(48)73-66/h1-37H. The van der Waals surface area contributed by atoms with Gasteiger partial charge in [-0.2, -0.15) is 0 Å². The second-order valence-corrected chi connectivity index (χ2v) is 21.0. The van der Waals surface area contributed by atoms with Crippen LogP contribution in [-0.2, 0) is 0 Å². The van der Waals surface area contributed by atoms with Crippen molar-refractivity contribution in [3.63, 3.8) is 0 Å². The van der Waals surface area contributed by atoms with Gasteiger partial charge in [-0.05, 0) is 168 Å². The molecule has 7 heteroatoms. The Morgan fingerprint density at radius 2 is 0.562 bits per heavy atom. The fraction of sp³-hybridized carbons (Fsp3) is 0. The number of fused-ring (bicyclic) bond motifs is 15. The van der Waals surface area contributed by atoms with E-state index in [9.17, 15) is 0 Å². The van der Waals surface area contributed by atoms with Crippen LogP contribution >= 0.6 is 31.9 Å². The third-order valence-corrected chi connectivity index (χ3v) is 16.1. The Balaban J connectivity index is 0.859. The van der Waals surface area contributed by atoms with E-state index in [1.165, 1.54) is 32.3 Å². The molecule has 0 aliphatic rings. The Morgan fingerprint density at radius 3 is 0.973 bits per heavy atom. The summed E-state index contributed by atoms with van der Waals surface area (Å²) < 4.78 is 21.7. The summed E-state index contributed by atoms with van der Waals surface area (Å²) in [7, 11) is 0. The number of aromatic nitrogens is 3. The van der Waals surface area contributed by atoms with Crippen molar-refractivity contribution in [2.75, 3.05) is 0 Å². The van der Waals surface area contributed by atoms with E-state index in [-0.39, 0.29) is 0 Å². The molecule has 73 heavy (non-hydrogen) atoms. The average molecular weight is 1060 g/mol. The van der Waals surface area contributed by atoms with Gasteiger partial charge in [0.05, 0.1) is 33.1 Å². The first kappa shape index (κ1) is 41.0. The van der Waals surface area contributed by atoms with Crippen LogP contribution in [0.3, 0.4) is 0 Å². The van der Waals surface area contributed by atoms with Crippen molar-refractivity contribution in [3.8, 4) is 39.3 Å². The van der Waals surface area contributed by atoms with Crippen LogP contribution in [0.15, 0.2) is 242 Å². The molecule has 0 atom stereocenters. The molecule has 16 aromatic rings. The maximum absolute atomic E-state index is 6.24. The number of hydrogen-bond donors (Lipinski definition) is 0. The van der Waals surface area contributed by atoms with Crippen LogP contribution in [0.2, 0.25) is 0 Å². The summed E-state index contributed by atoms with van der Waals surface area (Å²) in [6.07, 6.45) is 0. The smallest absolute Gasteiger partial charge is 0.135 e. The van der Waals surface area contributed by atoms with E-state index >= 15 is 0 Å². The van der Waals surface area contributed by atoms with Gasteiger partial charge in [0.2, 0.25) is 0 Å². The van der Waals surface area contributed by atoms with E-state index in [0.29, 0.717) is 0 Å². The van der Waals surface area contributed by atoms with Crippen molar-refractivity contribution in [2.24, 2.45) is 0 Å². The van der Waals surface area contributed by atoms with E-state index in [2.05, 4.69) is 246 Å². The van der Waals surface area contributed by atoms with Crippen molar-refractivity contribution in [3.05, 3.63) is 233 Å². The van der Waals surface area contributed by atoms with E-state index in [0.717, 1.165) is 125 Å². The first-order valence-electron chi connectivity index (χ1n) is 24.4. The Labute approximate surface area is 433 Å². The van der Waals surface area contributed by atoms with Gasteiger partial charge >= 0.3 is 0 Å². The quantitative estimate of drug-likeness (QED) is 0.172. The maximum Gasteiger partial charge on any atom is 0.135 e. The summed E-state index contributed by atoms with van der Waals surface area (Å²) in [6.45, 7) is 0. The predicted molar refractivity (Wildman–Crippen MR) is 310 cm³/mol. The van der Waals surface area contributed by atoms with Gasteiger partial charge in [-0.25, -0.2) is 0 Å². The predicted octanol–water partition coefficient (Wildman–Crippen LogP) is 19.6. The second kappa shape index (κ2) is 15.4. The molecule has 16 rings (SSSR count). The fourth-order valence-electron chi connectivity index (χ4n) is 11.9. The summed E-state index contributed by atoms with van der Waals surface area (Å²) in [5, 5.41) is 11.6. The number of hydrogen-bond acceptors (Lipinski definition) is 2. The highest BCUT2D eigenvalue weighted by atomic mass is 79.9. The summed E-state index contributed by atoms with van der Waals surface area (Å²) in [5.74, 6) is 0. The van der Waals surface area contributed by atoms with Gasteiger partial charge in [-0.15, -0.1) is 0 Å². The molecule has 0 saturated heterocycles. The van der Waals surface area contributed by atoms with Gasteiger partial charge < -0.3 is 22.5 Å². The number of rotatable bonds is 5. The van der Waals surface area contributed by atoms with Gasteiger partial charge in [0, 0.05) is 79.9 Å². The van der Waals surface area contributed by atoms with Crippen LogP contribution in [0, 0.1) is 0 Å². The van der Waals surface area contributed by atoms with Crippen LogP contribution in [0.25, 0.3) is 149 Å². The monoisotopic (exact) mass is 1060 g/mol. The van der Waals surface area contributed by atoms with E-state index in [1.54, 1.807) is 0 Å². The molecular formula is C66H37Br2N3O2. The minimum atomic E-state index is 0.888. The van der Waals surface area contributed by atoms with Crippen molar-refractivity contribution in [1.29, 1.82) is 0 Å². The molecule has 5 heterocycles. The molecule has 0 fully saturated rings. The lowest BCUT2D eigenvalue weighted by Gasteiger charge is -2.10. The van der Waals surface area contributed by atoms with Crippen molar-refractivity contribution in [2.45, 2.75) is 0 Å². The Morgan fingerprint density at radius 1 is 0.233 bits per heavy atom. The average Bonchev–Trinajstić information content (AvgIpc) is 4.25. The van der Waals surface area contributed by atoms with Gasteiger partial charge in [-0.1, -0.05) is 111 Å². The van der Waals surface area contributed by atoms with E-state index in [4.69, 9.17) is 8.83 Å². The normalized spacial score (nSPS) is 12.2. The van der Waals surface area contributed by atoms with Crippen LogP contribution < -0.4 is 0 Å². The first-order chi connectivity index (χ1) is 36.0. The molecule has 342 valence electrons. The highest BCUT2D eigenvalue weighted by Gasteiger charge is 2.20. The van der Waals surface area contributed by atoms with Crippen LogP contribution in [-0.4, -0.2) is 13.7 Å². The number of para-hydroxylation sites is 3. The van der Waals surface area contributed by atoms with Gasteiger partial charge in [0.1, 0.15) is 22.3 Å². The number of nitrogens with zero attached hydrogens (tertiary/aromatic N) is 3. The molecule has 0 bridgehead atoms. The molecule has 0 amide bonds. The fourth-order valence-corrected chi connectivity index (χ4v) is 12.6. The topological polar surface area (TPSA) is 41.1 Å². The molecule has 0 saturated carbocycles. The summed E-state index contributed by atoms with van der Waals surface area (Å²) in [4.78, 5) is 0. The van der Waals surface area contributed by atoms with Crippen molar-refractivity contribution >= 4 is 141 Å². The minimum absolute atomic E-state index is 0.888. The van der Waals surface area contributed by atoms with Gasteiger partial charge in [0.25, 0.3) is 0 Å². The van der Waals surface area contributed by atoms with E-state index < -0.39 is 0 Å². The van der Waals surface area contributed by atoms with Gasteiger partial charge in [0.15, 0.2) is 0 Å². The second-order valence-electron chi connectivity index (χ2n) is 19.1. The van der Waals surface area contributed by atoms with E-state index in [1.807, 2.05) is 24.3 Å². The molecule has 0 N–H and O–H groups in total. The minimum Gasteiger partial charge on any atom is -0.456 e. The lowest BCUT2D eigenvalue weighted by atomic mass is 9.98. The number of halogens is 2. The number of furan rings is 2. The molecule has 5 nitrogen and oxygen atoms in total. The van der Waals surface area contributed by atoms with Gasteiger partial charge in [-0.3, -0.25) is 0 Å². The zero-order valence-corrected chi connectivity index (χ0v) is 41.9. The Bertz CT molecular complexity index is 4720. The van der Waals surface area contributed by atoms with Crippen molar-refractivity contribution in [1.82, 2.24) is 13.7 Å². The lowest BCUT2D eigenvalue weighted by Crippen LogP contribution is -1.94. The largest absolute Gasteiger partial charge is 0.456 e. The molecule has 0 unspecified atom stereocenters. The summed E-state index contributed by atoms with van der Waals surface area (Å²) in [6, 6.07) is 81.4. The zero-order chi connectivity index (χ0) is 48.1. The molecule has 5 aromatic heterocycles. The zero-order valence-electron chi connectivity index (χ0n) is 38.8. The molecule has 0 spiro atoms. The maximum atomic E-state index is 6.24. The molecule has 0 aliphatic heterocycles. The Hall–Kier alpha value is -8.62. The molecule has 11 aromatic carbocycles. The number of benzene rings is 11. The molecule has 0 radical (unpaired) electrons. The van der Waals surface area contributed by atoms with Crippen LogP contribution in [0.1, 0.15) is 0 Å². The summed E-state index contributed by atoms with van der Waals surface area (Å²) in [5.41, 5.74) is 18.5. The highest BCUT2D eigenvalue weighted by molar-refractivity contribution is 9.10. The first-order valence-corrected chi connectivity index (χ1v) is 26.0.